The largest absolute Gasteiger partial charge is 0.460 e. The Morgan fingerprint density at radius 2 is 1.93 bits per heavy atom. The van der Waals surface area contributed by atoms with Crippen molar-refractivity contribution in [3.63, 3.8) is 0 Å². The maximum absolute atomic E-state index is 12.2. The molecule has 0 atom stereocenters. The van der Waals surface area contributed by atoms with Crippen molar-refractivity contribution in [3.05, 3.63) is 81.6 Å². The predicted octanol–water partition coefficient (Wildman–Crippen LogP) is 4.27. The summed E-state index contributed by atoms with van der Waals surface area (Å²) in [6, 6.07) is 12.8. The highest BCUT2D eigenvalue weighted by molar-refractivity contribution is 5.96. The molecule has 0 saturated heterocycles. The fraction of sp³-hybridized carbons (Fsp3) is 0.143. The maximum Gasteiger partial charge on any atom is 0.374 e. The zero-order valence-electron chi connectivity index (χ0n) is 15.5. The Labute approximate surface area is 165 Å². The molecule has 1 aromatic heterocycles. The number of carbonyl (C=O) groups excluding carboxylic acids is 2. The summed E-state index contributed by atoms with van der Waals surface area (Å²) >= 11 is 0. The van der Waals surface area contributed by atoms with E-state index in [0.717, 1.165) is 6.08 Å². The lowest BCUT2D eigenvalue weighted by Gasteiger charge is -2.04. The zero-order valence-corrected chi connectivity index (χ0v) is 15.5. The number of furan rings is 1. The molecule has 0 radical (unpaired) electrons. The third-order valence-corrected chi connectivity index (χ3v) is 4.01. The zero-order chi connectivity index (χ0) is 20.8. The number of ether oxygens (including phenoxy) is 2. The molecule has 0 aliphatic rings. The molecule has 3 rings (SSSR count). The summed E-state index contributed by atoms with van der Waals surface area (Å²) in [5, 5.41) is 11.5. The van der Waals surface area contributed by atoms with E-state index >= 15 is 0 Å². The van der Waals surface area contributed by atoms with Gasteiger partial charge < -0.3 is 13.9 Å². The Bertz CT molecular complexity index is 1100. The van der Waals surface area contributed by atoms with Crippen LogP contribution < -0.4 is 0 Å². The number of non-ortho nitro benzene ring substituents is 1. The van der Waals surface area contributed by atoms with E-state index in [4.69, 9.17) is 13.9 Å². The molecule has 1 heterocycles. The van der Waals surface area contributed by atoms with Crippen molar-refractivity contribution in [1.82, 2.24) is 0 Å². The second-order valence-corrected chi connectivity index (χ2v) is 5.92. The first-order valence-corrected chi connectivity index (χ1v) is 8.76. The summed E-state index contributed by atoms with van der Waals surface area (Å²) in [6.07, 6.45) is 2.57. The van der Waals surface area contributed by atoms with Crippen LogP contribution in [0.2, 0.25) is 0 Å². The van der Waals surface area contributed by atoms with Gasteiger partial charge in [0, 0.05) is 23.6 Å². The molecule has 0 amide bonds. The SMILES string of the molecule is CCOC(=O)c1oc2ccccc2c1COC(=O)/C=C/c1cccc([N+](=O)[O-])c1. The molecular weight excluding hydrogens is 378 g/mol. The van der Waals surface area contributed by atoms with Gasteiger partial charge in [0.25, 0.3) is 5.69 Å². The first kappa shape index (κ1) is 19.8. The molecule has 0 aliphatic heterocycles. The van der Waals surface area contributed by atoms with Gasteiger partial charge in [-0.2, -0.15) is 0 Å². The molecule has 29 heavy (non-hydrogen) atoms. The molecule has 8 nitrogen and oxygen atoms in total. The standard InChI is InChI=1S/C21H17NO7/c1-2-27-21(24)20-17(16-8-3-4-9-18(16)29-20)13-28-19(23)11-10-14-6-5-7-15(12-14)22(25)26/h3-12H,2,13H2,1H3/b11-10+. The highest BCUT2D eigenvalue weighted by Gasteiger charge is 2.22. The van der Waals surface area contributed by atoms with Crippen LogP contribution in [0.15, 0.2) is 59.0 Å². The Morgan fingerprint density at radius 3 is 2.69 bits per heavy atom. The van der Waals surface area contributed by atoms with Gasteiger partial charge in [-0.05, 0) is 24.6 Å². The van der Waals surface area contributed by atoms with Crippen molar-refractivity contribution in [3.8, 4) is 0 Å². The highest BCUT2D eigenvalue weighted by Crippen LogP contribution is 2.27. The minimum absolute atomic E-state index is 0.0106. The summed E-state index contributed by atoms with van der Waals surface area (Å²) in [4.78, 5) is 34.5. The highest BCUT2D eigenvalue weighted by atomic mass is 16.6. The van der Waals surface area contributed by atoms with E-state index in [-0.39, 0.29) is 24.7 Å². The molecule has 0 saturated carbocycles. The molecule has 3 aromatic rings. The van der Waals surface area contributed by atoms with Gasteiger partial charge in [-0.25, -0.2) is 9.59 Å². The number of esters is 2. The Kier molecular flexibility index (Phi) is 6.03. The number of hydrogen-bond acceptors (Lipinski definition) is 7. The van der Waals surface area contributed by atoms with E-state index in [2.05, 4.69) is 0 Å². The molecular formula is C21H17NO7. The normalized spacial score (nSPS) is 10.9. The van der Waals surface area contributed by atoms with E-state index in [1.807, 2.05) is 0 Å². The van der Waals surface area contributed by atoms with Crippen LogP contribution >= 0.6 is 0 Å². The van der Waals surface area contributed by atoms with Crippen LogP contribution in [0.25, 0.3) is 17.0 Å². The second-order valence-electron chi connectivity index (χ2n) is 5.92. The minimum Gasteiger partial charge on any atom is -0.460 e. The van der Waals surface area contributed by atoms with Crippen LogP contribution in [0.3, 0.4) is 0 Å². The molecule has 0 fully saturated rings. The fourth-order valence-electron chi connectivity index (χ4n) is 2.70. The molecule has 0 aliphatic carbocycles. The van der Waals surface area contributed by atoms with Gasteiger partial charge >= 0.3 is 11.9 Å². The van der Waals surface area contributed by atoms with Crippen molar-refractivity contribution in [2.24, 2.45) is 0 Å². The van der Waals surface area contributed by atoms with Crippen molar-refractivity contribution < 1.29 is 28.4 Å². The van der Waals surface area contributed by atoms with Crippen LogP contribution in [0.4, 0.5) is 5.69 Å². The minimum atomic E-state index is -0.670. The fourth-order valence-corrected chi connectivity index (χ4v) is 2.70. The average molecular weight is 395 g/mol. The third-order valence-electron chi connectivity index (χ3n) is 4.01. The van der Waals surface area contributed by atoms with E-state index in [1.165, 1.54) is 24.3 Å². The maximum atomic E-state index is 12.2. The summed E-state index contributed by atoms with van der Waals surface area (Å²) in [6.45, 7) is 1.67. The number of carbonyl (C=O) groups is 2. The number of nitrogens with zero attached hydrogens (tertiary/aromatic N) is 1. The smallest absolute Gasteiger partial charge is 0.374 e. The lowest BCUT2D eigenvalue weighted by molar-refractivity contribution is -0.384. The second kappa shape index (κ2) is 8.83. The van der Waals surface area contributed by atoms with Gasteiger partial charge in [-0.1, -0.05) is 30.3 Å². The van der Waals surface area contributed by atoms with Crippen LogP contribution in [0.1, 0.15) is 28.6 Å². The van der Waals surface area contributed by atoms with Crippen LogP contribution in [0, 0.1) is 10.1 Å². The average Bonchev–Trinajstić information content (AvgIpc) is 3.10. The number of rotatable bonds is 7. The first-order valence-electron chi connectivity index (χ1n) is 8.76. The van der Waals surface area contributed by atoms with Crippen molar-refractivity contribution >= 4 is 34.7 Å². The Morgan fingerprint density at radius 1 is 1.14 bits per heavy atom. The number of benzene rings is 2. The predicted molar refractivity (Wildman–Crippen MR) is 104 cm³/mol. The number of para-hydroxylation sites is 1. The van der Waals surface area contributed by atoms with Crippen LogP contribution in [0.5, 0.6) is 0 Å². The molecule has 0 spiro atoms. The van der Waals surface area contributed by atoms with Gasteiger partial charge in [0.15, 0.2) is 0 Å². The van der Waals surface area contributed by atoms with Crippen molar-refractivity contribution in [2.75, 3.05) is 6.61 Å². The molecule has 0 unspecified atom stereocenters. The number of nitro groups is 1. The quantitative estimate of drug-likeness (QED) is 0.254. The van der Waals surface area contributed by atoms with E-state index in [0.29, 0.717) is 22.1 Å². The van der Waals surface area contributed by atoms with Crippen LogP contribution in [-0.4, -0.2) is 23.5 Å². The van der Waals surface area contributed by atoms with Gasteiger partial charge in [0.05, 0.1) is 17.1 Å². The molecule has 8 heteroatoms. The number of fused-ring (bicyclic) bond motifs is 1. The Balaban J connectivity index is 1.75. The lowest BCUT2D eigenvalue weighted by Crippen LogP contribution is -2.08. The van der Waals surface area contributed by atoms with Gasteiger partial charge in [0.1, 0.15) is 12.2 Å². The first-order chi connectivity index (χ1) is 14.0. The summed E-state index contributed by atoms with van der Waals surface area (Å²) < 4.78 is 15.8. The van der Waals surface area contributed by atoms with Crippen molar-refractivity contribution in [2.45, 2.75) is 13.5 Å². The number of hydrogen-bond donors (Lipinski definition) is 0. The lowest BCUT2D eigenvalue weighted by atomic mass is 10.1. The van der Waals surface area contributed by atoms with Crippen LogP contribution in [-0.2, 0) is 20.9 Å². The van der Waals surface area contributed by atoms with E-state index < -0.39 is 16.9 Å². The van der Waals surface area contributed by atoms with Gasteiger partial charge in [0.2, 0.25) is 5.76 Å². The molecule has 0 N–H and O–H groups in total. The molecule has 2 aromatic carbocycles. The molecule has 148 valence electrons. The summed E-state index contributed by atoms with van der Waals surface area (Å²) in [5.74, 6) is -1.32. The summed E-state index contributed by atoms with van der Waals surface area (Å²) in [5.41, 5.74) is 1.30. The van der Waals surface area contributed by atoms with Crippen molar-refractivity contribution in [1.29, 1.82) is 0 Å². The topological polar surface area (TPSA) is 109 Å². The van der Waals surface area contributed by atoms with E-state index in [9.17, 15) is 19.7 Å². The van der Waals surface area contributed by atoms with Gasteiger partial charge in [-0.15, -0.1) is 0 Å². The number of nitro benzene ring substituents is 1. The summed E-state index contributed by atoms with van der Waals surface area (Å²) in [7, 11) is 0. The Hall–Kier alpha value is -3.94. The van der Waals surface area contributed by atoms with E-state index in [1.54, 1.807) is 37.3 Å². The third kappa shape index (κ3) is 4.67. The molecule has 0 bridgehead atoms. The monoisotopic (exact) mass is 395 g/mol. The van der Waals surface area contributed by atoms with Gasteiger partial charge in [-0.3, -0.25) is 10.1 Å².